The van der Waals surface area contributed by atoms with E-state index in [1.54, 1.807) is 55.6 Å². The van der Waals surface area contributed by atoms with Crippen LogP contribution in [0, 0.1) is 62.1 Å². The van der Waals surface area contributed by atoms with Gasteiger partial charge in [0.25, 0.3) is 0 Å². The van der Waals surface area contributed by atoms with Gasteiger partial charge in [-0.2, -0.15) is 0 Å². The van der Waals surface area contributed by atoms with Crippen molar-refractivity contribution in [3.63, 3.8) is 0 Å². The summed E-state index contributed by atoms with van der Waals surface area (Å²) in [6.07, 6.45) is 40.7. The SMILES string of the molecule is CCC(CC)C12CCCC(C(CC)CC)(CCC1)C21c2cc3c(cc2-c2cc4sc5cc(-c6ccc7c(c6)C6(c8cc(-c9ccc%10c(c9)sc9cc%11c(cc9%10)C9(c%10cc%12c(cc%10-%11)sc%10cc(-c%11ccc%13c(c%11)C%11(c%14cc(-c%15ccc(-c%16ccc(O)cc%16)s%15)ccc%14-%13)C%13(CC)CCCC%11(CC)CCC%13)ccc%10%12)C(C)(CC)CCCC9(CC)CC)ccc8-7)C7(CC)CCCC6(CC)CCC7)ccc5c4cc21)sc1cc(C)ccc13. The quantitative estimate of drug-likeness (QED) is 0.0908. The highest BCUT2D eigenvalue weighted by molar-refractivity contribution is 7.27. The fourth-order valence-electron chi connectivity index (χ4n) is 40.1. The monoisotopic (exact) mass is 2010 g/mol. The maximum absolute atomic E-state index is 10.2. The van der Waals surface area contributed by atoms with E-state index in [1.807, 2.05) is 46.1 Å². The molecule has 2 atom stereocenters. The molecule has 2 unspecified atom stereocenters. The average Bonchev–Trinajstić information content (AvgIpc) is 1.41. The molecule has 13 aromatic carbocycles. The lowest BCUT2D eigenvalue weighted by atomic mass is 9.32. The van der Waals surface area contributed by atoms with Gasteiger partial charge in [0.2, 0.25) is 0 Å². The molecule has 11 aliphatic rings. The fourth-order valence-corrected chi connectivity index (χ4v) is 45.9. The number of aryl methyl sites for hydroxylation is 1. The fraction of sp³-hybridized carbons (Fsp3) is 0.418. The smallest absolute Gasteiger partial charge is 0.115 e. The number of hydrogen-bond donors (Lipinski definition) is 1. The number of fused-ring (bicyclic) bond motifs is 26. The molecule has 147 heavy (non-hydrogen) atoms. The number of hydrogen-bond acceptors (Lipinski definition) is 6. The third-order valence-electron chi connectivity index (χ3n) is 46.0. The first-order chi connectivity index (χ1) is 71.7. The number of thiophene rings is 5. The van der Waals surface area contributed by atoms with Crippen LogP contribution in [0.2, 0.25) is 0 Å². The molecule has 5 aromatic heterocycles. The van der Waals surface area contributed by atoms with Crippen molar-refractivity contribution < 1.29 is 5.11 Å². The number of aromatic hydroxyl groups is 1. The molecule has 0 saturated heterocycles. The first-order valence-electron chi connectivity index (χ1n) is 58.2. The first-order valence-corrected chi connectivity index (χ1v) is 62.3. The summed E-state index contributed by atoms with van der Waals surface area (Å²) in [6, 6.07) is 96.7. The maximum atomic E-state index is 10.2. The van der Waals surface area contributed by atoms with Gasteiger partial charge in [-0.25, -0.2) is 0 Å². The van der Waals surface area contributed by atoms with Crippen LogP contribution in [0.1, 0.15) is 339 Å². The molecule has 7 fully saturated rings. The zero-order valence-corrected chi connectivity index (χ0v) is 93.3. The zero-order chi connectivity index (χ0) is 99.6. The van der Waals surface area contributed by atoms with Gasteiger partial charge < -0.3 is 5.11 Å². The average molecular weight is 2020 g/mol. The van der Waals surface area contributed by atoms with Crippen LogP contribution in [0.25, 0.3) is 179 Å². The van der Waals surface area contributed by atoms with E-state index in [1.165, 1.54) is 355 Å². The summed E-state index contributed by atoms with van der Waals surface area (Å²) in [4.78, 5) is 2.56. The van der Waals surface area contributed by atoms with Gasteiger partial charge in [-0.3, -0.25) is 0 Å². The van der Waals surface area contributed by atoms with Crippen molar-refractivity contribution in [2.24, 2.45) is 55.2 Å². The predicted molar refractivity (Wildman–Crippen MR) is 637 cm³/mol. The Morgan fingerprint density at radius 2 is 0.517 bits per heavy atom. The normalized spacial score (nSPS) is 27.7. The molecule has 1 nitrogen and oxygen atoms in total. The second-order valence-corrected chi connectivity index (χ2v) is 55.0. The van der Waals surface area contributed by atoms with E-state index in [9.17, 15) is 5.11 Å². The Kier molecular flexibility index (Phi) is 20.9. The summed E-state index contributed by atoms with van der Waals surface area (Å²) in [7, 11) is 0. The summed E-state index contributed by atoms with van der Waals surface area (Å²) in [5.41, 5.74) is 37.9. The highest BCUT2D eigenvalue weighted by atomic mass is 32.1. The van der Waals surface area contributed by atoms with Crippen LogP contribution in [-0.4, -0.2) is 5.11 Å². The molecule has 0 aliphatic heterocycles. The Labute approximate surface area is 892 Å². The van der Waals surface area contributed by atoms with Crippen molar-refractivity contribution in [3.05, 3.63) is 281 Å². The van der Waals surface area contributed by atoms with Gasteiger partial charge in [-0.05, 0) is 469 Å². The summed E-state index contributed by atoms with van der Waals surface area (Å²) in [6.45, 7) is 33.3. The van der Waals surface area contributed by atoms with Gasteiger partial charge in [-0.1, -0.05) is 251 Å². The van der Waals surface area contributed by atoms with E-state index < -0.39 is 0 Å². The Balaban J connectivity index is 0.538. The molecule has 5 heterocycles. The van der Waals surface area contributed by atoms with Gasteiger partial charge in [0.05, 0.1) is 0 Å². The second-order valence-electron chi connectivity index (χ2n) is 49.6. The standard InChI is InChI=1S/C141H144OS5/c1-14-93(15-2)136-64-30-66-137(67-31-65-136,94(16-3)17-4)141(136)118-78-110-100-44-32-84(12)68-122(100)144-126(110)82-106(118)107-83-129-111(79-119(107)141)103-51-40-91(75-125(103)147-129)87-36-46-97-96-45-35-86(69-112(96)139(113(97)70-87)132(21-8)56-26-58-133(139,22-9)59-27-57-132)89-38-49-101-108-76-116-104(80-127(108)145-123(101)73-89)105-81-128-109(77-117(105)138(116)130(13,18-5)54-25-55-131(138,19-6)20-7)102-50-39-90(74-124(102)146-128)88-37-47-98-99-48-41-92(121-53-52-120(143-121)85-33-42-95(142)43-34-85)72-115(99)140(114(98)71-88)134(23-10)60-28-62-135(140,24-11)63-29-61-134/h32-53,68-83,93-94,142H,14-31,54-67H2,1-13H3. The predicted octanol–water partition coefficient (Wildman–Crippen LogP) is 43.6. The molecule has 7 saturated carbocycles. The van der Waals surface area contributed by atoms with Crippen molar-refractivity contribution in [2.45, 2.75) is 317 Å². The van der Waals surface area contributed by atoms with E-state index >= 15 is 0 Å². The van der Waals surface area contributed by atoms with Crippen molar-refractivity contribution in [3.8, 4) is 105 Å². The van der Waals surface area contributed by atoms with Crippen LogP contribution in [0.4, 0.5) is 0 Å². The van der Waals surface area contributed by atoms with E-state index in [0.717, 1.165) is 24.8 Å². The molecule has 18 aromatic rings. The van der Waals surface area contributed by atoms with Crippen LogP contribution in [0.15, 0.2) is 231 Å². The largest absolute Gasteiger partial charge is 0.508 e. The molecule has 11 aliphatic carbocycles. The Morgan fingerprint density at radius 1 is 0.231 bits per heavy atom. The third kappa shape index (κ3) is 11.5. The molecule has 6 heteroatoms. The highest BCUT2D eigenvalue weighted by Crippen LogP contribution is 2.83. The summed E-state index contributed by atoms with van der Waals surface area (Å²) in [5.74, 6) is 1.62. The topological polar surface area (TPSA) is 20.2 Å². The molecule has 0 radical (unpaired) electrons. The summed E-state index contributed by atoms with van der Waals surface area (Å²) >= 11 is 10.1. The van der Waals surface area contributed by atoms with E-state index in [2.05, 4.69) is 331 Å². The van der Waals surface area contributed by atoms with Crippen LogP contribution >= 0.6 is 56.7 Å². The van der Waals surface area contributed by atoms with Crippen molar-refractivity contribution >= 4 is 137 Å². The van der Waals surface area contributed by atoms with Crippen LogP contribution < -0.4 is 0 Å². The lowest BCUT2D eigenvalue weighted by Crippen LogP contribution is -2.66. The molecular weight excluding hydrogens is 1870 g/mol. The number of rotatable bonds is 18. The van der Waals surface area contributed by atoms with Gasteiger partial charge >= 0.3 is 0 Å². The molecule has 744 valence electrons. The molecule has 4 spiro atoms. The van der Waals surface area contributed by atoms with E-state index in [-0.39, 0.29) is 65.0 Å². The van der Waals surface area contributed by atoms with Crippen LogP contribution in [-0.2, 0) is 21.7 Å². The first kappa shape index (κ1) is 93.3. The Hall–Kier alpha value is -9.76. The minimum atomic E-state index is -0.182. The molecule has 29 rings (SSSR count). The molecule has 1 N–H and O–H groups in total. The van der Waals surface area contributed by atoms with Crippen LogP contribution in [0.3, 0.4) is 0 Å². The van der Waals surface area contributed by atoms with E-state index in [0.29, 0.717) is 17.6 Å². The van der Waals surface area contributed by atoms with Crippen molar-refractivity contribution in [1.29, 1.82) is 0 Å². The lowest BCUT2D eigenvalue weighted by Gasteiger charge is -2.71. The highest BCUT2D eigenvalue weighted by Gasteiger charge is 2.75. The summed E-state index contributed by atoms with van der Waals surface area (Å²) in [5, 5.41) is 21.8. The second kappa shape index (κ2) is 32.9. The Morgan fingerprint density at radius 3 is 0.864 bits per heavy atom. The zero-order valence-electron chi connectivity index (χ0n) is 89.2. The van der Waals surface area contributed by atoms with Gasteiger partial charge in [0.1, 0.15) is 5.75 Å². The molecule has 0 amide bonds. The molecule has 6 bridgehead atoms. The Bertz CT molecular complexity index is 8490. The lowest BCUT2D eigenvalue weighted by molar-refractivity contribution is -0.148. The minimum absolute atomic E-state index is 0.0367. The van der Waals surface area contributed by atoms with Gasteiger partial charge in [-0.15, -0.1) is 56.7 Å². The van der Waals surface area contributed by atoms with E-state index in [4.69, 9.17) is 0 Å². The number of benzene rings is 13. The van der Waals surface area contributed by atoms with Gasteiger partial charge in [0.15, 0.2) is 0 Å². The summed E-state index contributed by atoms with van der Waals surface area (Å²) < 4.78 is 11.4. The molecular formula is C141H144OS5. The number of phenolic OH excluding ortho intramolecular Hbond substituents is 1. The van der Waals surface area contributed by atoms with Crippen molar-refractivity contribution in [1.82, 2.24) is 0 Å². The third-order valence-corrected chi connectivity index (χ3v) is 51.6. The maximum Gasteiger partial charge on any atom is 0.115 e. The van der Waals surface area contributed by atoms with Gasteiger partial charge in [0, 0.05) is 112 Å². The number of phenols is 1. The minimum Gasteiger partial charge on any atom is -0.508 e. The van der Waals surface area contributed by atoms with Crippen LogP contribution in [0.5, 0.6) is 5.75 Å². The van der Waals surface area contributed by atoms with Crippen molar-refractivity contribution in [2.75, 3.05) is 0 Å².